The van der Waals surface area contributed by atoms with Crippen molar-refractivity contribution in [3.63, 3.8) is 0 Å². The molecule has 2 heterocycles. The van der Waals surface area contributed by atoms with E-state index in [1.54, 1.807) is 18.2 Å². The number of nitrogens with one attached hydrogen (secondary N) is 2. The van der Waals surface area contributed by atoms with Crippen molar-refractivity contribution in [2.24, 2.45) is 0 Å². The van der Waals surface area contributed by atoms with Crippen LogP contribution in [0.1, 0.15) is 41.4 Å². The zero-order chi connectivity index (χ0) is 24.5. The average Bonchev–Trinajstić information content (AvgIpc) is 2.89. The van der Waals surface area contributed by atoms with Gasteiger partial charge in [0, 0.05) is 6.54 Å². The number of hydrogen-bond acceptors (Lipinski definition) is 6. The number of ether oxygens (including phenoxy) is 1. The molecule has 0 unspecified atom stereocenters. The van der Waals surface area contributed by atoms with E-state index in [-0.39, 0.29) is 30.7 Å². The number of pyridine rings is 1. The van der Waals surface area contributed by atoms with Gasteiger partial charge in [-0.3, -0.25) is 9.59 Å². The van der Waals surface area contributed by atoms with Gasteiger partial charge >= 0.3 is 0 Å². The second-order valence-corrected chi connectivity index (χ2v) is 8.38. The number of aliphatic hydroxyl groups excluding tert-OH is 1. The Morgan fingerprint density at radius 2 is 1.83 bits per heavy atom. The number of aromatic nitrogens is 1. The van der Waals surface area contributed by atoms with E-state index in [1.165, 1.54) is 4.90 Å². The van der Waals surface area contributed by atoms with Crippen LogP contribution in [0.4, 0.5) is 11.5 Å². The molecule has 0 saturated carbocycles. The Labute approximate surface area is 204 Å². The van der Waals surface area contributed by atoms with E-state index in [1.807, 2.05) is 54.6 Å². The van der Waals surface area contributed by atoms with E-state index in [2.05, 4.69) is 15.6 Å². The molecular weight excluding hydrogens is 444 g/mol. The lowest BCUT2D eigenvalue weighted by Gasteiger charge is -2.24. The van der Waals surface area contributed by atoms with Crippen LogP contribution in [0.2, 0.25) is 0 Å². The lowest BCUT2D eigenvalue weighted by Crippen LogP contribution is -2.43. The normalized spacial score (nSPS) is 15.1. The van der Waals surface area contributed by atoms with Crippen LogP contribution in [0.25, 0.3) is 0 Å². The first-order chi connectivity index (χ1) is 17.1. The summed E-state index contributed by atoms with van der Waals surface area (Å²) in [6, 6.07) is 21.5. The number of fused-ring (bicyclic) bond motifs is 3. The third-order valence-electron chi connectivity index (χ3n) is 5.79. The summed E-state index contributed by atoms with van der Waals surface area (Å²) in [4.78, 5) is 32.2. The van der Waals surface area contributed by atoms with Gasteiger partial charge in [-0.05, 0) is 49.1 Å². The van der Waals surface area contributed by atoms with Gasteiger partial charge < -0.3 is 25.4 Å². The van der Waals surface area contributed by atoms with Gasteiger partial charge in [-0.1, -0.05) is 48.5 Å². The molecule has 8 heteroatoms. The predicted molar refractivity (Wildman–Crippen MR) is 134 cm³/mol. The average molecular weight is 475 g/mol. The van der Waals surface area contributed by atoms with Crippen LogP contribution in [0.5, 0.6) is 5.75 Å². The molecule has 1 atom stereocenters. The standard InChI is InChI=1S/C27H30N4O4/c32-19-23(20-10-3-1-4-11-20)30-26(33)18-31-16-7-2-8-17-35-24-14-6-5-12-21(24)28-25-15-9-13-22(29-25)27(31)34/h1,3-6,9-15,23,32H,2,7-8,16-19H2,(H,28,29)(H,30,33)/t23-/m1/s1. The van der Waals surface area contributed by atoms with E-state index in [0.29, 0.717) is 19.0 Å². The fraction of sp³-hybridized carbons (Fsp3) is 0.296. The van der Waals surface area contributed by atoms with Gasteiger partial charge in [-0.2, -0.15) is 0 Å². The van der Waals surface area contributed by atoms with Gasteiger partial charge in [-0.15, -0.1) is 0 Å². The number of carbonyl (C=O) groups excluding carboxylic acids is 2. The highest BCUT2D eigenvalue weighted by atomic mass is 16.5. The number of nitrogens with zero attached hydrogens (tertiary/aromatic N) is 2. The monoisotopic (exact) mass is 474 g/mol. The largest absolute Gasteiger partial charge is 0.491 e. The molecule has 0 radical (unpaired) electrons. The summed E-state index contributed by atoms with van der Waals surface area (Å²) in [6.07, 6.45) is 2.40. The van der Waals surface area contributed by atoms with E-state index in [9.17, 15) is 14.7 Å². The molecule has 3 aromatic rings. The van der Waals surface area contributed by atoms with Crippen molar-refractivity contribution >= 4 is 23.3 Å². The minimum atomic E-state index is -0.540. The number of aliphatic hydroxyl groups is 1. The summed E-state index contributed by atoms with van der Waals surface area (Å²) in [6.45, 7) is 0.606. The molecule has 8 nitrogen and oxygen atoms in total. The van der Waals surface area contributed by atoms with Gasteiger partial charge in [0.2, 0.25) is 5.91 Å². The highest BCUT2D eigenvalue weighted by Crippen LogP contribution is 2.27. The molecule has 2 amide bonds. The van der Waals surface area contributed by atoms with Crippen molar-refractivity contribution < 1.29 is 19.4 Å². The van der Waals surface area contributed by atoms with E-state index >= 15 is 0 Å². The van der Waals surface area contributed by atoms with Crippen LogP contribution < -0.4 is 15.4 Å². The molecule has 0 saturated heterocycles. The Bertz CT molecular complexity index is 1140. The van der Waals surface area contributed by atoms with Crippen molar-refractivity contribution in [1.29, 1.82) is 0 Å². The molecule has 182 valence electrons. The Balaban J connectivity index is 1.52. The second kappa shape index (κ2) is 12.0. The van der Waals surface area contributed by atoms with Gasteiger partial charge in [0.15, 0.2) is 0 Å². The lowest BCUT2D eigenvalue weighted by molar-refractivity contribution is -0.122. The summed E-state index contributed by atoms with van der Waals surface area (Å²) in [5.41, 5.74) is 1.82. The Kier molecular flexibility index (Phi) is 8.30. The first kappa shape index (κ1) is 24.2. The molecular formula is C27H30N4O4. The van der Waals surface area contributed by atoms with Crippen molar-refractivity contribution in [3.05, 3.63) is 84.1 Å². The first-order valence-corrected chi connectivity index (χ1v) is 11.8. The van der Waals surface area contributed by atoms with Crippen LogP contribution in [-0.4, -0.2) is 53.1 Å². The fourth-order valence-corrected chi connectivity index (χ4v) is 3.97. The number of para-hydroxylation sites is 2. The SMILES string of the molecule is O=C(CN1CCCCCOc2ccccc2Nc2cccc(n2)C1=O)N[C@H](CO)c1ccccc1. The smallest absolute Gasteiger partial charge is 0.273 e. The quantitative estimate of drug-likeness (QED) is 0.521. The van der Waals surface area contributed by atoms with Crippen LogP contribution >= 0.6 is 0 Å². The number of benzene rings is 2. The second-order valence-electron chi connectivity index (χ2n) is 8.38. The lowest BCUT2D eigenvalue weighted by atomic mass is 10.1. The molecule has 3 N–H and O–H groups in total. The zero-order valence-electron chi connectivity index (χ0n) is 19.5. The molecule has 1 aliphatic rings. The fourth-order valence-electron chi connectivity index (χ4n) is 3.97. The van der Waals surface area contributed by atoms with Crippen LogP contribution in [0, 0.1) is 0 Å². The maximum absolute atomic E-state index is 13.4. The van der Waals surface area contributed by atoms with Gasteiger partial charge in [0.25, 0.3) is 5.91 Å². The molecule has 0 spiro atoms. The minimum absolute atomic E-state index is 0.124. The maximum Gasteiger partial charge on any atom is 0.273 e. The Morgan fingerprint density at radius 3 is 2.66 bits per heavy atom. The number of anilines is 2. The summed E-state index contributed by atoms with van der Waals surface area (Å²) >= 11 is 0. The summed E-state index contributed by atoms with van der Waals surface area (Å²) in [5.74, 6) is 0.593. The number of rotatable bonds is 5. The van der Waals surface area contributed by atoms with Gasteiger partial charge in [-0.25, -0.2) is 4.98 Å². The van der Waals surface area contributed by atoms with Crippen molar-refractivity contribution in [1.82, 2.24) is 15.2 Å². The Hall–Kier alpha value is -3.91. The molecule has 1 aromatic heterocycles. The van der Waals surface area contributed by atoms with E-state index in [0.717, 1.165) is 36.3 Å². The van der Waals surface area contributed by atoms with E-state index < -0.39 is 6.04 Å². The molecule has 0 fully saturated rings. The van der Waals surface area contributed by atoms with Gasteiger partial charge in [0.05, 0.1) is 31.5 Å². The van der Waals surface area contributed by atoms with Crippen LogP contribution in [-0.2, 0) is 4.79 Å². The number of amides is 2. The summed E-state index contributed by atoms with van der Waals surface area (Å²) in [5, 5.41) is 15.9. The molecule has 2 aromatic carbocycles. The summed E-state index contributed by atoms with van der Waals surface area (Å²) < 4.78 is 5.96. The van der Waals surface area contributed by atoms with Crippen LogP contribution in [0.15, 0.2) is 72.8 Å². The van der Waals surface area contributed by atoms with Crippen molar-refractivity contribution in [2.75, 3.05) is 31.6 Å². The zero-order valence-corrected chi connectivity index (χ0v) is 19.5. The molecule has 1 aliphatic heterocycles. The first-order valence-electron chi connectivity index (χ1n) is 11.8. The molecule has 0 aliphatic carbocycles. The highest BCUT2D eigenvalue weighted by Gasteiger charge is 2.22. The molecule has 4 rings (SSSR count). The minimum Gasteiger partial charge on any atom is -0.491 e. The van der Waals surface area contributed by atoms with Gasteiger partial charge in [0.1, 0.15) is 17.3 Å². The summed E-state index contributed by atoms with van der Waals surface area (Å²) in [7, 11) is 0. The topological polar surface area (TPSA) is 104 Å². The third kappa shape index (κ3) is 6.58. The van der Waals surface area contributed by atoms with Crippen molar-refractivity contribution in [2.45, 2.75) is 25.3 Å². The molecule has 2 bridgehead atoms. The maximum atomic E-state index is 13.4. The number of carbonyl (C=O) groups is 2. The van der Waals surface area contributed by atoms with E-state index in [4.69, 9.17) is 4.74 Å². The van der Waals surface area contributed by atoms with Crippen LogP contribution in [0.3, 0.4) is 0 Å². The van der Waals surface area contributed by atoms with Crippen molar-refractivity contribution in [3.8, 4) is 5.75 Å². The number of hydrogen-bond donors (Lipinski definition) is 3. The third-order valence-corrected chi connectivity index (χ3v) is 5.79. The highest BCUT2D eigenvalue weighted by molar-refractivity contribution is 5.95. The molecule has 35 heavy (non-hydrogen) atoms. The Morgan fingerprint density at radius 1 is 1.03 bits per heavy atom. The predicted octanol–water partition coefficient (Wildman–Crippen LogP) is 3.68.